The maximum absolute atomic E-state index is 12.4. The van der Waals surface area contributed by atoms with E-state index in [-0.39, 0.29) is 37.7 Å². The predicted molar refractivity (Wildman–Crippen MR) is 176 cm³/mol. The van der Waals surface area contributed by atoms with E-state index in [0.29, 0.717) is 25.7 Å². The largest absolute Gasteiger partial charge is 0.465 e. The zero-order valence-corrected chi connectivity index (χ0v) is 28.8. The number of esters is 3. The van der Waals surface area contributed by atoms with E-state index in [9.17, 15) is 14.4 Å². The number of hydrogen-bond donors (Lipinski definition) is 0. The summed E-state index contributed by atoms with van der Waals surface area (Å²) in [4.78, 5) is 37.3. The third-order valence-corrected chi connectivity index (χ3v) is 7.57. The molecule has 0 rings (SSSR count). The van der Waals surface area contributed by atoms with Crippen molar-refractivity contribution in [3.05, 3.63) is 0 Å². The van der Waals surface area contributed by atoms with Crippen LogP contribution in [-0.4, -0.2) is 37.7 Å². The van der Waals surface area contributed by atoms with Crippen molar-refractivity contribution in [3.63, 3.8) is 0 Å². The molecule has 0 saturated carbocycles. The van der Waals surface area contributed by atoms with E-state index in [1.54, 1.807) is 0 Å². The number of carbonyl (C=O) groups is 3. The molecule has 0 atom stereocenters. The highest BCUT2D eigenvalue weighted by molar-refractivity contribution is 5.70. The second-order valence-electron chi connectivity index (χ2n) is 12.1. The Morgan fingerprint density at radius 3 is 0.881 bits per heavy atom. The third-order valence-electron chi connectivity index (χ3n) is 7.57. The maximum atomic E-state index is 12.4. The van der Waals surface area contributed by atoms with E-state index >= 15 is 0 Å². The summed E-state index contributed by atoms with van der Waals surface area (Å²) in [5, 5.41) is 0. The molecule has 0 aromatic rings. The SMILES string of the molecule is CCC.CCCCCCCCC(=O)OCC(CC)(COC(=O)CCCCCCCC)COC(=O)CCCCCCCC. The molecule has 0 aliphatic heterocycles. The molecule has 0 aromatic carbocycles. The molecule has 0 fully saturated rings. The van der Waals surface area contributed by atoms with Gasteiger partial charge >= 0.3 is 17.9 Å². The highest BCUT2D eigenvalue weighted by Crippen LogP contribution is 2.25. The van der Waals surface area contributed by atoms with Gasteiger partial charge in [0.05, 0.1) is 5.41 Å². The van der Waals surface area contributed by atoms with Crippen molar-refractivity contribution in [1.29, 1.82) is 0 Å². The monoisotopic (exact) mass is 599 g/mol. The van der Waals surface area contributed by atoms with E-state index in [1.807, 2.05) is 6.92 Å². The molecule has 6 nitrogen and oxygen atoms in total. The molecule has 0 N–H and O–H groups in total. The zero-order valence-electron chi connectivity index (χ0n) is 28.8. The Hall–Kier alpha value is -1.59. The fourth-order valence-corrected chi connectivity index (χ4v) is 4.50. The summed E-state index contributed by atoms with van der Waals surface area (Å²) in [6.45, 7) is 13.1. The van der Waals surface area contributed by atoms with Gasteiger partial charge in [-0.3, -0.25) is 14.4 Å². The minimum Gasteiger partial charge on any atom is -0.465 e. The van der Waals surface area contributed by atoms with E-state index in [2.05, 4.69) is 34.6 Å². The molecule has 0 radical (unpaired) electrons. The number of hydrogen-bond acceptors (Lipinski definition) is 6. The van der Waals surface area contributed by atoms with Crippen LogP contribution in [0.3, 0.4) is 0 Å². The average molecular weight is 599 g/mol. The molecule has 6 heteroatoms. The van der Waals surface area contributed by atoms with E-state index in [4.69, 9.17) is 14.2 Å². The van der Waals surface area contributed by atoms with Gasteiger partial charge in [0.25, 0.3) is 0 Å². The van der Waals surface area contributed by atoms with E-state index in [1.165, 1.54) is 64.2 Å². The van der Waals surface area contributed by atoms with Crippen LogP contribution in [0.15, 0.2) is 0 Å². The smallest absolute Gasteiger partial charge is 0.305 e. The van der Waals surface area contributed by atoms with Crippen LogP contribution >= 0.6 is 0 Å². The van der Waals surface area contributed by atoms with Crippen molar-refractivity contribution < 1.29 is 28.6 Å². The van der Waals surface area contributed by atoms with Gasteiger partial charge in [0, 0.05) is 19.3 Å². The van der Waals surface area contributed by atoms with E-state index < -0.39 is 5.41 Å². The molecule has 0 spiro atoms. The second-order valence-corrected chi connectivity index (χ2v) is 12.1. The first kappa shape index (κ1) is 42.5. The molecule has 0 heterocycles. The summed E-state index contributed by atoms with van der Waals surface area (Å²) < 4.78 is 16.9. The number of unbranched alkanes of at least 4 members (excludes halogenated alkanes) is 15. The molecule has 0 bridgehead atoms. The summed E-state index contributed by atoms with van der Waals surface area (Å²) in [5.74, 6) is -0.708. The second kappa shape index (κ2) is 32.3. The van der Waals surface area contributed by atoms with Crippen LogP contribution in [0.4, 0.5) is 0 Å². The fourth-order valence-electron chi connectivity index (χ4n) is 4.50. The molecule has 0 unspecified atom stereocenters. The molecule has 42 heavy (non-hydrogen) atoms. The van der Waals surface area contributed by atoms with Crippen LogP contribution in [0.5, 0.6) is 0 Å². The van der Waals surface area contributed by atoms with Crippen molar-refractivity contribution in [2.45, 2.75) is 189 Å². The lowest BCUT2D eigenvalue weighted by atomic mass is 9.88. The molecular formula is C36H70O6. The number of ether oxygens (including phenoxy) is 3. The highest BCUT2D eigenvalue weighted by Gasteiger charge is 2.34. The minimum atomic E-state index is -0.718. The molecule has 0 aromatic heterocycles. The van der Waals surface area contributed by atoms with Crippen LogP contribution in [0.25, 0.3) is 0 Å². The third kappa shape index (κ3) is 28.5. The van der Waals surface area contributed by atoms with Gasteiger partial charge in [-0.05, 0) is 25.7 Å². The summed E-state index contributed by atoms with van der Waals surface area (Å²) in [5.41, 5.74) is -0.718. The minimum absolute atomic E-state index is 0.0900. The van der Waals surface area contributed by atoms with Crippen molar-refractivity contribution in [3.8, 4) is 0 Å². The zero-order chi connectivity index (χ0) is 31.7. The molecule has 0 saturated heterocycles. The summed E-state index contributed by atoms with van der Waals surface area (Å²) in [7, 11) is 0. The van der Waals surface area contributed by atoms with Crippen LogP contribution in [-0.2, 0) is 28.6 Å². The first-order chi connectivity index (χ1) is 20.3. The molecule has 0 aliphatic rings. The van der Waals surface area contributed by atoms with Crippen molar-refractivity contribution in [2.75, 3.05) is 19.8 Å². The Bertz CT molecular complexity index is 539. The van der Waals surface area contributed by atoms with Crippen molar-refractivity contribution in [2.24, 2.45) is 5.41 Å². The summed E-state index contributed by atoms with van der Waals surface area (Å²) >= 11 is 0. The van der Waals surface area contributed by atoms with Gasteiger partial charge in [-0.25, -0.2) is 0 Å². The molecule has 250 valence electrons. The van der Waals surface area contributed by atoms with Crippen molar-refractivity contribution >= 4 is 17.9 Å². The van der Waals surface area contributed by atoms with E-state index in [0.717, 1.165) is 57.8 Å². The average Bonchev–Trinajstić information content (AvgIpc) is 2.98. The highest BCUT2D eigenvalue weighted by atomic mass is 16.6. The lowest BCUT2D eigenvalue weighted by Crippen LogP contribution is -2.39. The van der Waals surface area contributed by atoms with Crippen LogP contribution in [0.1, 0.15) is 189 Å². The van der Waals surface area contributed by atoms with Gasteiger partial charge in [0.1, 0.15) is 19.8 Å². The Labute approximate surface area is 260 Å². The normalized spacial score (nSPS) is 11.0. The van der Waals surface area contributed by atoms with Gasteiger partial charge in [0.15, 0.2) is 0 Å². The topological polar surface area (TPSA) is 78.9 Å². The Morgan fingerprint density at radius 1 is 0.405 bits per heavy atom. The fraction of sp³-hybridized carbons (Fsp3) is 0.917. The number of rotatable bonds is 28. The Kier molecular flexibility index (Phi) is 32.7. The van der Waals surface area contributed by atoms with Crippen LogP contribution in [0.2, 0.25) is 0 Å². The molecule has 0 aliphatic carbocycles. The lowest BCUT2D eigenvalue weighted by Gasteiger charge is -2.31. The Balaban J connectivity index is 0. The molecular weight excluding hydrogens is 528 g/mol. The van der Waals surface area contributed by atoms with Crippen LogP contribution in [0, 0.1) is 5.41 Å². The Morgan fingerprint density at radius 2 is 0.643 bits per heavy atom. The summed E-state index contributed by atoms with van der Waals surface area (Å²) in [6.07, 6.45) is 22.9. The maximum Gasteiger partial charge on any atom is 0.305 e. The van der Waals surface area contributed by atoms with Crippen LogP contribution < -0.4 is 0 Å². The standard InChI is InChI=1S/C33H62O6.C3H8/c1-5-9-12-15-18-21-24-30(34)37-27-33(8-4,28-38-31(35)25-22-19-16-13-10-6-2)29-39-32(36)26-23-20-17-14-11-7-3;1-3-2/h5-29H2,1-4H3;3H2,1-2H3. The first-order valence-electron chi connectivity index (χ1n) is 17.8. The first-order valence-corrected chi connectivity index (χ1v) is 17.8. The molecule has 0 amide bonds. The summed E-state index contributed by atoms with van der Waals surface area (Å²) in [6, 6.07) is 0. The van der Waals surface area contributed by atoms with Gasteiger partial charge in [-0.2, -0.15) is 0 Å². The van der Waals surface area contributed by atoms with Crippen molar-refractivity contribution in [1.82, 2.24) is 0 Å². The number of carbonyl (C=O) groups excluding carboxylic acids is 3. The van der Waals surface area contributed by atoms with Gasteiger partial charge in [-0.1, -0.05) is 144 Å². The predicted octanol–water partition coefficient (Wildman–Crippen LogP) is 10.7. The quantitative estimate of drug-likeness (QED) is 0.0506. The lowest BCUT2D eigenvalue weighted by molar-refractivity contribution is -0.162. The van der Waals surface area contributed by atoms with Gasteiger partial charge in [-0.15, -0.1) is 0 Å². The van der Waals surface area contributed by atoms with Gasteiger partial charge < -0.3 is 14.2 Å². The van der Waals surface area contributed by atoms with Gasteiger partial charge in [0.2, 0.25) is 0 Å².